The average molecular weight is 497 g/mol. The number of benzene rings is 1. The van der Waals surface area contributed by atoms with E-state index in [1.54, 1.807) is 12.3 Å². The number of aromatic nitrogens is 2. The lowest BCUT2D eigenvalue weighted by atomic mass is 9.80. The molecule has 0 saturated carbocycles. The zero-order chi connectivity index (χ0) is 25.6. The van der Waals surface area contributed by atoms with Gasteiger partial charge in [-0.05, 0) is 48.9 Å². The minimum Gasteiger partial charge on any atom is -0.507 e. The number of aromatic amines is 1. The van der Waals surface area contributed by atoms with E-state index in [-0.39, 0.29) is 52.6 Å². The van der Waals surface area contributed by atoms with E-state index < -0.39 is 11.8 Å². The summed E-state index contributed by atoms with van der Waals surface area (Å²) < 4.78 is 19.1. The molecule has 9 heteroatoms. The number of carboxylic acid groups (broad SMARTS) is 1. The predicted molar refractivity (Wildman–Crippen MR) is 130 cm³/mol. The van der Waals surface area contributed by atoms with Crippen LogP contribution in [-0.4, -0.2) is 49.9 Å². The number of carboxylic acids is 1. The van der Waals surface area contributed by atoms with Crippen LogP contribution in [0, 0.1) is 17.8 Å². The molecule has 3 aromatic rings. The van der Waals surface area contributed by atoms with Gasteiger partial charge in [0.15, 0.2) is 23.0 Å². The van der Waals surface area contributed by atoms with Crippen LogP contribution < -0.4 is 0 Å². The van der Waals surface area contributed by atoms with E-state index in [0.717, 1.165) is 25.7 Å². The van der Waals surface area contributed by atoms with Crippen LogP contribution >= 0.6 is 0 Å². The van der Waals surface area contributed by atoms with Crippen LogP contribution in [0.4, 0.5) is 0 Å². The van der Waals surface area contributed by atoms with Crippen LogP contribution in [0.3, 0.4) is 0 Å². The predicted octanol–water partition coefficient (Wildman–Crippen LogP) is 4.95. The van der Waals surface area contributed by atoms with E-state index in [9.17, 15) is 19.8 Å². The molecule has 5 rings (SSSR count). The highest BCUT2D eigenvalue weighted by Crippen LogP contribution is 2.45. The summed E-state index contributed by atoms with van der Waals surface area (Å²) in [7, 11) is 0. The van der Waals surface area contributed by atoms with Crippen LogP contribution in [0.25, 0.3) is 11.1 Å². The summed E-state index contributed by atoms with van der Waals surface area (Å²) >= 11 is 0. The molecule has 0 bridgehead atoms. The lowest BCUT2D eigenvalue weighted by molar-refractivity contribution is -0.334. The molecule has 3 N–H and O–H groups in total. The van der Waals surface area contributed by atoms with Crippen molar-refractivity contribution in [1.29, 1.82) is 0 Å². The van der Waals surface area contributed by atoms with E-state index in [4.69, 9.17) is 13.9 Å². The number of H-pyrrole nitrogens is 1. The Morgan fingerprint density at radius 2 is 1.92 bits per heavy atom. The minimum atomic E-state index is -1.27. The first kappa shape index (κ1) is 24.5. The Morgan fingerprint density at radius 3 is 2.61 bits per heavy atom. The second kappa shape index (κ2) is 9.37. The van der Waals surface area contributed by atoms with Gasteiger partial charge in [0.1, 0.15) is 16.8 Å². The fraction of sp³-hybridized carbons (Fsp3) is 0.519. The highest BCUT2D eigenvalue weighted by Gasteiger charge is 2.49. The van der Waals surface area contributed by atoms with Gasteiger partial charge in [0, 0.05) is 25.0 Å². The smallest absolute Gasteiger partial charge is 0.341 e. The molecule has 2 aromatic heterocycles. The number of rotatable bonds is 6. The van der Waals surface area contributed by atoms with Crippen molar-refractivity contribution in [3.05, 3.63) is 47.6 Å². The number of aromatic carboxylic acids is 1. The van der Waals surface area contributed by atoms with Gasteiger partial charge in [-0.1, -0.05) is 20.8 Å². The van der Waals surface area contributed by atoms with Gasteiger partial charge in [-0.3, -0.25) is 4.79 Å². The number of phenols is 1. The third-order valence-corrected chi connectivity index (χ3v) is 7.82. The van der Waals surface area contributed by atoms with Crippen molar-refractivity contribution in [2.45, 2.75) is 70.9 Å². The van der Waals surface area contributed by atoms with E-state index in [1.807, 2.05) is 13.0 Å². The first-order valence-corrected chi connectivity index (χ1v) is 12.6. The van der Waals surface area contributed by atoms with E-state index in [2.05, 4.69) is 23.8 Å². The molecule has 2 saturated heterocycles. The van der Waals surface area contributed by atoms with Crippen molar-refractivity contribution in [1.82, 2.24) is 9.97 Å². The van der Waals surface area contributed by atoms with Crippen LogP contribution in [0.5, 0.6) is 5.75 Å². The molecule has 6 atom stereocenters. The molecule has 4 heterocycles. The highest BCUT2D eigenvalue weighted by atomic mass is 16.7. The number of Topliss-reactive ketones (excluding diaryl/α,β-unsaturated/α-hetero) is 1. The maximum atomic E-state index is 13.0. The fourth-order valence-electron chi connectivity index (χ4n) is 5.61. The van der Waals surface area contributed by atoms with E-state index >= 15 is 0 Å². The minimum absolute atomic E-state index is 0.0265. The lowest BCUT2D eigenvalue weighted by Crippen LogP contribution is -2.54. The SMILES string of the molecule is C[C@@H]1CC[C@@]2(CC[C@H](C)[C@@H](Cc3nc4c(C(=O)O)c(O)ccc4o3)O2)O[C@H]1[C@H](C)C(=O)c1ccc[nH]1. The van der Waals surface area contributed by atoms with Gasteiger partial charge in [0.2, 0.25) is 0 Å². The quantitative estimate of drug-likeness (QED) is 0.408. The summed E-state index contributed by atoms with van der Waals surface area (Å²) in [5.41, 5.74) is 0.731. The van der Waals surface area contributed by atoms with Crippen molar-refractivity contribution in [3.63, 3.8) is 0 Å². The number of fused-ring (bicyclic) bond motifs is 1. The Balaban J connectivity index is 1.35. The Bertz CT molecular complexity index is 1260. The number of carbonyl (C=O) groups excluding carboxylic acids is 1. The van der Waals surface area contributed by atoms with Gasteiger partial charge in [0.25, 0.3) is 0 Å². The van der Waals surface area contributed by atoms with Gasteiger partial charge in [-0.25, -0.2) is 9.78 Å². The molecule has 0 amide bonds. The number of aromatic hydroxyl groups is 1. The third-order valence-electron chi connectivity index (χ3n) is 7.82. The molecule has 1 spiro atoms. The number of oxazole rings is 1. The molecule has 192 valence electrons. The first-order chi connectivity index (χ1) is 17.2. The van der Waals surface area contributed by atoms with Crippen molar-refractivity contribution in [2.24, 2.45) is 17.8 Å². The fourth-order valence-corrected chi connectivity index (χ4v) is 5.61. The van der Waals surface area contributed by atoms with E-state index in [0.29, 0.717) is 23.6 Å². The van der Waals surface area contributed by atoms with Gasteiger partial charge >= 0.3 is 5.97 Å². The van der Waals surface area contributed by atoms with Gasteiger partial charge in [0.05, 0.1) is 24.3 Å². The Morgan fingerprint density at radius 1 is 1.17 bits per heavy atom. The molecule has 2 fully saturated rings. The van der Waals surface area contributed by atoms with Crippen molar-refractivity contribution in [3.8, 4) is 5.75 Å². The number of carbonyl (C=O) groups is 2. The molecule has 2 aliphatic heterocycles. The molecule has 0 radical (unpaired) electrons. The number of nitrogens with zero attached hydrogens (tertiary/aromatic N) is 1. The Labute approximate surface area is 208 Å². The van der Waals surface area contributed by atoms with Gasteiger partial charge in [-0.2, -0.15) is 0 Å². The number of hydrogen-bond acceptors (Lipinski definition) is 7. The number of hydrogen-bond donors (Lipinski definition) is 3. The normalized spacial score (nSPS) is 29.4. The Kier molecular flexibility index (Phi) is 6.38. The molecular weight excluding hydrogens is 464 g/mol. The lowest BCUT2D eigenvalue weighted by Gasteiger charge is -2.50. The second-order valence-electron chi connectivity index (χ2n) is 10.3. The second-order valence-corrected chi connectivity index (χ2v) is 10.3. The molecule has 1 aromatic carbocycles. The van der Waals surface area contributed by atoms with Gasteiger partial charge < -0.3 is 29.1 Å². The maximum Gasteiger partial charge on any atom is 0.341 e. The zero-order valence-electron chi connectivity index (χ0n) is 20.7. The van der Waals surface area contributed by atoms with Crippen molar-refractivity contribution >= 4 is 22.9 Å². The maximum absolute atomic E-state index is 13.0. The summed E-state index contributed by atoms with van der Waals surface area (Å²) in [5, 5.41) is 19.5. The zero-order valence-corrected chi connectivity index (χ0v) is 20.7. The first-order valence-electron chi connectivity index (χ1n) is 12.6. The summed E-state index contributed by atoms with van der Waals surface area (Å²) in [4.78, 5) is 32.0. The summed E-state index contributed by atoms with van der Waals surface area (Å²) in [6, 6.07) is 6.41. The summed E-state index contributed by atoms with van der Waals surface area (Å²) in [6.45, 7) is 6.14. The van der Waals surface area contributed by atoms with Crippen molar-refractivity contribution < 1.29 is 33.7 Å². The standard InChI is InChI=1S/C27H32N2O7/c1-14-8-10-27(11-9-15(2)25(36-27)16(3)24(31)17-5-4-12-28-17)35-20(14)13-21-29-23-19(34-21)7-6-18(30)22(23)26(32)33/h4-7,12,14-16,20,25,28,30H,8-11,13H2,1-3H3,(H,32,33)/t14-,15+,16+,20+,25+,27+/m0/s1. The molecule has 9 nitrogen and oxygen atoms in total. The Hall–Kier alpha value is -3.17. The number of ether oxygens (including phenoxy) is 2. The summed E-state index contributed by atoms with van der Waals surface area (Å²) in [6.07, 6.45) is 4.81. The topological polar surface area (TPSA) is 135 Å². The van der Waals surface area contributed by atoms with E-state index in [1.165, 1.54) is 12.1 Å². The number of ketones is 1. The van der Waals surface area contributed by atoms with Crippen LogP contribution in [0.15, 0.2) is 34.9 Å². The molecule has 0 unspecified atom stereocenters. The number of nitrogens with one attached hydrogen (secondary N) is 1. The third kappa shape index (κ3) is 4.41. The van der Waals surface area contributed by atoms with Crippen LogP contribution in [0.2, 0.25) is 0 Å². The molecular formula is C27H32N2O7. The highest BCUT2D eigenvalue weighted by molar-refractivity contribution is 6.03. The van der Waals surface area contributed by atoms with Crippen LogP contribution in [-0.2, 0) is 15.9 Å². The molecule has 36 heavy (non-hydrogen) atoms. The molecule has 2 aliphatic rings. The van der Waals surface area contributed by atoms with Crippen molar-refractivity contribution in [2.75, 3.05) is 0 Å². The largest absolute Gasteiger partial charge is 0.507 e. The van der Waals surface area contributed by atoms with Gasteiger partial charge in [-0.15, -0.1) is 0 Å². The molecule has 0 aliphatic carbocycles. The van der Waals surface area contributed by atoms with Crippen LogP contribution in [0.1, 0.15) is 73.2 Å². The monoisotopic (exact) mass is 496 g/mol. The average Bonchev–Trinajstić information content (AvgIpc) is 3.52. The summed E-state index contributed by atoms with van der Waals surface area (Å²) in [5.74, 6) is -1.93.